The number of fused-ring (bicyclic) bond motifs is 1. The van der Waals surface area contributed by atoms with Crippen molar-refractivity contribution in [2.24, 2.45) is 0 Å². The van der Waals surface area contributed by atoms with Gasteiger partial charge in [-0.2, -0.15) is 0 Å². The predicted octanol–water partition coefficient (Wildman–Crippen LogP) is 3.01. The summed E-state index contributed by atoms with van der Waals surface area (Å²) in [5.74, 6) is -1.52. The van der Waals surface area contributed by atoms with E-state index in [4.69, 9.17) is 26.9 Å². The van der Waals surface area contributed by atoms with Gasteiger partial charge >= 0.3 is 5.97 Å². The Morgan fingerprint density at radius 1 is 1.26 bits per heavy atom. The molecule has 0 fully saturated rings. The molecule has 0 bridgehead atoms. The molecule has 0 aliphatic carbocycles. The van der Waals surface area contributed by atoms with Crippen molar-refractivity contribution in [1.29, 1.82) is 0 Å². The zero-order chi connectivity index (χ0) is 16.6. The lowest BCUT2D eigenvalue weighted by Crippen LogP contribution is -2.13. The largest absolute Gasteiger partial charge is 0.478 e. The molecule has 3 rings (SSSR count). The van der Waals surface area contributed by atoms with Gasteiger partial charge in [-0.25, -0.2) is 9.78 Å². The van der Waals surface area contributed by atoms with Gasteiger partial charge in [0.1, 0.15) is 11.4 Å². The molecule has 0 spiro atoms. The maximum atomic E-state index is 12.2. The molecule has 116 valence electrons. The molecule has 0 unspecified atom stereocenters. The van der Waals surface area contributed by atoms with E-state index >= 15 is 0 Å². The van der Waals surface area contributed by atoms with Crippen molar-refractivity contribution in [3.63, 3.8) is 0 Å². The zero-order valence-electron chi connectivity index (χ0n) is 11.5. The number of carbonyl (C=O) groups is 2. The minimum atomic E-state index is -1.10. The van der Waals surface area contributed by atoms with Crippen LogP contribution < -0.4 is 11.1 Å². The van der Waals surface area contributed by atoms with Crippen LogP contribution in [0.25, 0.3) is 11.0 Å². The van der Waals surface area contributed by atoms with E-state index in [1.54, 1.807) is 6.07 Å². The molecule has 2 heterocycles. The normalized spacial score (nSPS) is 10.7. The van der Waals surface area contributed by atoms with Gasteiger partial charge in [0.05, 0.1) is 16.3 Å². The van der Waals surface area contributed by atoms with Crippen molar-refractivity contribution >= 4 is 46.0 Å². The van der Waals surface area contributed by atoms with Gasteiger partial charge in [-0.15, -0.1) is 0 Å². The van der Waals surface area contributed by atoms with Gasteiger partial charge in [-0.05, 0) is 30.3 Å². The van der Waals surface area contributed by atoms with Gasteiger partial charge in [0, 0.05) is 11.6 Å². The SMILES string of the molecule is Nc1c(C(=O)Nc2ccc(Cl)cn2)oc2cc(C(=O)O)ccc12. The molecule has 0 saturated heterocycles. The lowest BCUT2D eigenvalue weighted by atomic mass is 10.1. The summed E-state index contributed by atoms with van der Waals surface area (Å²) in [5.41, 5.74) is 6.29. The summed E-state index contributed by atoms with van der Waals surface area (Å²) >= 11 is 5.72. The predicted molar refractivity (Wildman–Crippen MR) is 84.8 cm³/mol. The number of carbonyl (C=O) groups excluding carboxylic acids is 1. The summed E-state index contributed by atoms with van der Waals surface area (Å²) in [6.07, 6.45) is 1.39. The van der Waals surface area contributed by atoms with E-state index in [1.807, 2.05) is 0 Å². The van der Waals surface area contributed by atoms with Gasteiger partial charge in [-0.3, -0.25) is 4.79 Å². The van der Waals surface area contributed by atoms with Gasteiger partial charge in [0.25, 0.3) is 5.91 Å². The molecule has 23 heavy (non-hydrogen) atoms. The van der Waals surface area contributed by atoms with Crippen LogP contribution in [0.3, 0.4) is 0 Å². The van der Waals surface area contributed by atoms with Crippen molar-refractivity contribution < 1.29 is 19.1 Å². The Kier molecular flexibility index (Phi) is 3.63. The maximum Gasteiger partial charge on any atom is 0.335 e. The topological polar surface area (TPSA) is 118 Å². The number of aromatic nitrogens is 1. The molecule has 0 saturated carbocycles. The lowest BCUT2D eigenvalue weighted by Gasteiger charge is -2.02. The highest BCUT2D eigenvalue weighted by Crippen LogP contribution is 2.29. The highest BCUT2D eigenvalue weighted by atomic mass is 35.5. The second kappa shape index (κ2) is 5.62. The zero-order valence-corrected chi connectivity index (χ0v) is 12.3. The first kappa shape index (κ1) is 14.9. The standard InChI is InChI=1S/C15H10ClN3O4/c16-8-2-4-11(18-6-8)19-14(20)13-12(17)9-3-1-7(15(21)22)5-10(9)23-13/h1-6H,17H2,(H,21,22)(H,18,19,20). The van der Waals surface area contributed by atoms with Crippen LogP contribution in [0.15, 0.2) is 40.9 Å². The highest BCUT2D eigenvalue weighted by Gasteiger charge is 2.20. The molecule has 1 aromatic carbocycles. The Bertz CT molecular complexity index is 918. The van der Waals surface area contributed by atoms with Crippen LogP contribution in [0.2, 0.25) is 5.02 Å². The number of nitrogens with zero attached hydrogens (tertiary/aromatic N) is 1. The number of hydrogen-bond acceptors (Lipinski definition) is 5. The van der Waals surface area contributed by atoms with Crippen molar-refractivity contribution in [3.8, 4) is 0 Å². The molecule has 7 nitrogen and oxygen atoms in total. The summed E-state index contributed by atoms with van der Waals surface area (Å²) in [6, 6.07) is 7.30. The van der Waals surface area contributed by atoms with E-state index in [9.17, 15) is 9.59 Å². The molecule has 2 aromatic heterocycles. The van der Waals surface area contributed by atoms with Crippen LogP contribution in [0.5, 0.6) is 0 Å². The molecular weight excluding hydrogens is 322 g/mol. The van der Waals surface area contributed by atoms with Crippen LogP contribution in [0, 0.1) is 0 Å². The number of pyridine rings is 1. The number of benzene rings is 1. The average Bonchev–Trinajstić information content (AvgIpc) is 2.86. The number of furan rings is 1. The van der Waals surface area contributed by atoms with Crippen molar-refractivity contribution in [2.75, 3.05) is 11.1 Å². The van der Waals surface area contributed by atoms with Crippen molar-refractivity contribution in [3.05, 3.63) is 52.9 Å². The van der Waals surface area contributed by atoms with Gasteiger partial charge < -0.3 is 20.6 Å². The van der Waals surface area contributed by atoms with Crippen LogP contribution in [0.4, 0.5) is 11.5 Å². The summed E-state index contributed by atoms with van der Waals surface area (Å²) in [4.78, 5) is 27.1. The summed E-state index contributed by atoms with van der Waals surface area (Å²) in [6.45, 7) is 0. The fourth-order valence-corrected chi connectivity index (χ4v) is 2.15. The third-order valence-electron chi connectivity index (χ3n) is 3.15. The number of hydrogen-bond donors (Lipinski definition) is 3. The number of rotatable bonds is 3. The van der Waals surface area contributed by atoms with Gasteiger partial charge in [-0.1, -0.05) is 11.6 Å². The van der Waals surface area contributed by atoms with Gasteiger partial charge in [0.2, 0.25) is 5.76 Å². The number of nitrogens with two attached hydrogens (primary N) is 1. The number of carboxylic acids is 1. The molecule has 0 atom stereocenters. The van der Waals surface area contributed by atoms with E-state index < -0.39 is 11.9 Å². The average molecular weight is 332 g/mol. The van der Waals surface area contributed by atoms with E-state index in [-0.39, 0.29) is 28.4 Å². The highest BCUT2D eigenvalue weighted by molar-refractivity contribution is 6.30. The summed E-state index contributed by atoms with van der Waals surface area (Å²) in [5, 5.41) is 12.4. The van der Waals surface area contributed by atoms with Crippen LogP contribution >= 0.6 is 11.6 Å². The third kappa shape index (κ3) is 2.82. The van der Waals surface area contributed by atoms with Crippen molar-refractivity contribution in [1.82, 2.24) is 4.98 Å². The van der Waals surface area contributed by atoms with Crippen LogP contribution in [0.1, 0.15) is 20.9 Å². The lowest BCUT2D eigenvalue weighted by molar-refractivity contribution is 0.0696. The Morgan fingerprint density at radius 2 is 2.04 bits per heavy atom. The third-order valence-corrected chi connectivity index (χ3v) is 3.37. The Balaban J connectivity index is 1.95. The van der Waals surface area contributed by atoms with Crippen LogP contribution in [-0.4, -0.2) is 22.0 Å². The molecule has 8 heteroatoms. The minimum Gasteiger partial charge on any atom is -0.478 e. The van der Waals surface area contributed by atoms with Crippen molar-refractivity contribution in [2.45, 2.75) is 0 Å². The Labute approximate surface area is 134 Å². The molecule has 3 aromatic rings. The van der Waals surface area contributed by atoms with E-state index in [2.05, 4.69) is 10.3 Å². The Morgan fingerprint density at radius 3 is 2.70 bits per heavy atom. The Hall–Kier alpha value is -3.06. The second-order valence-electron chi connectivity index (χ2n) is 4.68. The molecule has 0 aliphatic heterocycles. The summed E-state index contributed by atoms with van der Waals surface area (Å²) in [7, 11) is 0. The number of amides is 1. The molecular formula is C15H10ClN3O4. The molecule has 0 aliphatic rings. The number of halogens is 1. The smallest absolute Gasteiger partial charge is 0.335 e. The number of anilines is 2. The minimum absolute atomic E-state index is 0.0394. The molecule has 0 radical (unpaired) electrons. The molecule has 1 amide bonds. The number of carboxylic acid groups (broad SMARTS) is 1. The van der Waals surface area contributed by atoms with E-state index in [0.29, 0.717) is 10.4 Å². The number of aromatic carboxylic acids is 1. The fraction of sp³-hybridized carbons (Fsp3) is 0. The quantitative estimate of drug-likeness (QED) is 0.678. The molecule has 4 N–H and O–H groups in total. The first-order valence-corrected chi connectivity index (χ1v) is 6.81. The van der Waals surface area contributed by atoms with E-state index in [0.717, 1.165) is 0 Å². The monoisotopic (exact) mass is 331 g/mol. The first-order chi connectivity index (χ1) is 11.0. The maximum absolute atomic E-state index is 12.2. The number of nitrogen functional groups attached to an aromatic ring is 1. The van der Waals surface area contributed by atoms with Gasteiger partial charge in [0.15, 0.2) is 0 Å². The fourth-order valence-electron chi connectivity index (χ4n) is 2.04. The number of nitrogens with one attached hydrogen (secondary N) is 1. The first-order valence-electron chi connectivity index (χ1n) is 6.44. The second-order valence-corrected chi connectivity index (χ2v) is 5.11. The van der Waals surface area contributed by atoms with Crippen LogP contribution in [-0.2, 0) is 0 Å². The van der Waals surface area contributed by atoms with E-state index in [1.165, 1.54) is 30.5 Å². The summed E-state index contributed by atoms with van der Waals surface area (Å²) < 4.78 is 5.39.